The lowest BCUT2D eigenvalue weighted by molar-refractivity contribution is 1.47. The predicted octanol–water partition coefficient (Wildman–Crippen LogP) is 37.0. The maximum absolute atomic E-state index is 2.30. The summed E-state index contributed by atoms with van der Waals surface area (Å²) < 4.78 is 0. The van der Waals surface area contributed by atoms with Crippen molar-refractivity contribution in [3.8, 4) is 66.8 Å². The number of rotatable bonds is 6. The third kappa shape index (κ3) is 17.7. The maximum Gasteiger partial charge on any atom is -0.00266 e. The Kier molecular flexibility index (Phi) is 24.0. The summed E-state index contributed by atoms with van der Waals surface area (Å²) in [7, 11) is 0. The van der Waals surface area contributed by atoms with Gasteiger partial charge < -0.3 is 0 Å². The smallest absolute Gasteiger partial charge is 0.00266 e. The molecule has 0 amide bonds. The second-order valence-corrected chi connectivity index (χ2v) is 35.4. The van der Waals surface area contributed by atoms with Crippen LogP contribution in [0, 0.1) is 69.2 Å². The fourth-order valence-corrected chi connectivity index (χ4v) is 19.2. The number of aryl methyl sites for hydroxylation is 10. The molecule has 130 heavy (non-hydrogen) atoms. The molecule has 0 heterocycles. The molecule has 0 atom stereocenters. The third-order valence-electron chi connectivity index (χ3n) is 25.5. The van der Waals surface area contributed by atoms with E-state index in [4.69, 9.17) is 0 Å². The van der Waals surface area contributed by atoms with E-state index in [1.54, 1.807) is 0 Å². The molecule has 0 saturated carbocycles. The van der Waals surface area contributed by atoms with Crippen molar-refractivity contribution in [2.24, 2.45) is 0 Å². The lowest BCUT2D eigenvalue weighted by atomic mass is 9.91. The van der Waals surface area contributed by atoms with Crippen LogP contribution >= 0.6 is 0 Å². The van der Waals surface area contributed by atoms with E-state index in [1.165, 1.54) is 252 Å². The zero-order chi connectivity index (χ0) is 88.9. The molecule has 0 aliphatic rings. The van der Waals surface area contributed by atoms with Crippen LogP contribution in [0.2, 0.25) is 0 Å². The van der Waals surface area contributed by atoms with Crippen LogP contribution in [0.1, 0.15) is 55.6 Å². The van der Waals surface area contributed by atoms with Crippen LogP contribution < -0.4 is 0 Å². The minimum atomic E-state index is 1.28. The molecule has 624 valence electrons. The van der Waals surface area contributed by atoms with Gasteiger partial charge in [0.05, 0.1) is 0 Å². The lowest BCUT2D eigenvalue weighted by Gasteiger charge is -2.13. The maximum atomic E-state index is 2.30. The topological polar surface area (TPSA) is 0 Å². The molecule has 0 aliphatic heterocycles. The molecular weight excluding hydrogens is 1560 g/mol. The zero-order valence-corrected chi connectivity index (χ0v) is 75.7. The summed E-state index contributed by atoms with van der Waals surface area (Å²) in [6.07, 6.45) is 0. The van der Waals surface area contributed by atoms with Gasteiger partial charge in [-0.25, -0.2) is 0 Å². The minimum Gasteiger partial charge on any atom is -0.0622 e. The highest BCUT2D eigenvalue weighted by atomic mass is 14.2. The fraction of sp³-hybridized carbons (Fsp3) is 0.0769. The van der Waals surface area contributed by atoms with E-state index in [1.807, 2.05) is 0 Å². The Morgan fingerprint density at radius 2 is 0.277 bits per heavy atom. The molecule has 0 bridgehead atoms. The fourth-order valence-electron chi connectivity index (χ4n) is 19.2. The molecule has 24 aromatic carbocycles. The Labute approximate surface area is 764 Å². The van der Waals surface area contributed by atoms with E-state index < -0.39 is 0 Å². The van der Waals surface area contributed by atoms with E-state index in [9.17, 15) is 0 Å². The molecule has 0 heteroatoms. The first kappa shape index (κ1) is 83.9. The van der Waals surface area contributed by atoms with Crippen molar-refractivity contribution in [1.29, 1.82) is 0 Å². The Bertz CT molecular complexity index is 8360. The summed E-state index contributed by atoms with van der Waals surface area (Å²) in [5, 5.41) is 31.6. The standard InChI is InChI=1S/4C22H18.2C21H16/c1-15-6-5-8-19(12-15)22-20-9-4-3-7-17(20)14-18-11-10-16(2)13-21(18)22;1-15-6-5-8-18(12-15)22-20-9-4-3-7-17(20)14-19-13-16(2)10-11-21(19)22;1-15-7-10-17(11-8-15)22-20-6-4-3-5-18(20)14-19-13-16(2)9-12-21(19)22;1-15-7-10-17(11-8-15)22-20-6-4-3-5-18(20)14-19-12-9-16(2)13-21(19)22;1-15-11-12-20-18(13-15)14-17-9-5-6-10-19(17)21(20)16-7-3-2-4-8-16;1-15-11-12-18-14-17-9-5-6-10-19(17)21(20(18)13-15)16-7-3-2-4-8-16/h4*3-14H,1-2H3;2*2-14H,1H3. The van der Waals surface area contributed by atoms with E-state index in [-0.39, 0.29) is 0 Å². The average Bonchev–Trinajstić information content (AvgIpc) is 0.788. The second kappa shape index (κ2) is 37.1. The van der Waals surface area contributed by atoms with Crippen LogP contribution in [-0.2, 0) is 0 Å². The van der Waals surface area contributed by atoms with Crippen molar-refractivity contribution >= 4 is 129 Å². The van der Waals surface area contributed by atoms with E-state index in [0.717, 1.165) is 0 Å². The normalized spacial score (nSPS) is 11.2. The first-order valence-corrected chi connectivity index (χ1v) is 45.5. The van der Waals surface area contributed by atoms with Gasteiger partial charge in [-0.3, -0.25) is 0 Å². The molecule has 24 rings (SSSR count). The first-order valence-electron chi connectivity index (χ1n) is 45.5. The second-order valence-electron chi connectivity index (χ2n) is 35.4. The molecule has 0 unspecified atom stereocenters. The first-order chi connectivity index (χ1) is 63.5. The summed E-state index contributed by atoms with van der Waals surface area (Å²) in [6, 6.07) is 163. The van der Waals surface area contributed by atoms with Crippen LogP contribution in [0.25, 0.3) is 196 Å². The van der Waals surface area contributed by atoms with Crippen LogP contribution in [-0.4, -0.2) is 0 Å². The molecule has 0 aromatic heterocycles. The van der Waals surface area contributed by atoms with Gasteiger partial charge in [0.2, 0.25) is 0 Å². The average molecular weight is 1670 g/mol. The molecule has 0 aliphatic carbocycles. The van der Waals surface area contributed by atoms with Crippen molar-refractivity contribution in [1.82, 2.24) is 0 Å². The Hall–Kier alpha value is -15.6. The minimum absolute atomic E-state index is 1.28. The van der Waals surface area contributed by atoms with Crippen LogP contribution in [0.15, 0.2) is 449 Å². The number of hydrogen-bond donors (Lipinski definition) is 0. The third-order valence-corrected chi connectivity index (χ3v) is 25.5. The molecule has 0 nitrogen and oxygen atoms in total. The lowest BCUT2D eigenvalue weighted by Crippen LogP contribution is -1.87. The molecule has 0 radical (unpaired) electrons. The molecule has 0 fully saturated rings. The molecule has 0 N–H and O–H groups in total. The number of fused-ring (bicyclic) bond motifs is 12. The Balaban J connectivity index is 0.000000101. The summed E-state index contributed by atoms with van der Waals surface area (Å²) >= 11 is 0. The van der Waals surface area contributed by atoms with Crippen molar-refractivity contribution in [3.05, 3.63) is 505 Å². The SMILES string of the molecule is Cc1ccc(-c2c3ccccc3cc3cc(C)ccc23)cc1.Cc1ccc(-c2c3ccccc3cc3ccc(C)cc23)cc1.Cc1ccc2c(-c3ccccc3)c3ccccc3cc2c1.Cc1ccc2cc3ccccc3c(-c3ccccc3)c2c1.Cc1cccc(-c2c3ccccc3cc3cc(C)ccc23)c1.Cc1cccc(-c2c3ccccc3cc3ccc(C)cc23)c1. The highest BCUT2D eigenvalue weighted by Gasteiger charge is 2.18. The van der Waals surface area contributed by atoms with Gasteiger partial charge in [0.15, 0.2) is 0 Å². The van der Waals surface area contributed by atoms with Crippen molar-refractivity contribution < 1.29 is 0 Å². The van der Waals surface area contributed by atoms with Crippen LogP contribution in [0.3, 0.4) is 0 Å². The molecule has 0 saturated heterocycles. The molecular formula is C130H104. The highest BCUT2D eigenvalue weighted by Crippen LogP contribution is 2.45. The van der Waals surface area contributed by atoms with Gasteiger partial charge in [-0.05, 0) is 302 Å². The van der Waals surface area contributed by atoms with Gasteiger partial charge in [-0.15, -0.1) is 0 Å². The monoisotopic (exact) mass is 1660 g/mol. The van der Waals surface area contributed by atoms with Crippen LogP contribution in [0.4, 0.5) is 0 Å². The van der Waals surface area contributed by atoms with Gasteiger partial charge >= 0.3 is 0 Å². The summed E-state index contributed by atoms with van der Waals surface area (Å²) in [5.41, 5.74) is 28.8. The zero-order valence-electron chi connectivity index (χ0n) is 75.7. The highest BCUT2D eigenvalue weighted by molar-refractivity contribution is 6.19. The number of hydrogen-bond acceptors (Lipinski definition) is 0. The van der Waals surface area contributed by atoms with Gasteiger partial charge in [-0.1, -0.05) is 468 Å². The summed E-state index contributed by atoms with van der Waals surface area (Å²) in [4.78, 5) is 0. The van der Waals surface area contributed by atoms with Crippen molar-refractivity contribution in [2.75, 3.05) is 0 Å². The number of benzene rings is 24. The van der Waals surface area contributed by atoms with E-state index in [2.05, 4.69) is 518 Å². The Morgan fingerprint density at radius 1 is 0.0923 bits per heavy atom. The van der Waals surface area contributed by atoms with Crippen LogP contribution in [0.5, 0.6) is 0 Å². The largest absolute Gasteiger partial charge is 0.0622 e. The molecule has 24 aromatic rings. The molecule has 0 spiro atoms. The van der Waals surface area contributed by atoms with Crippen molar-refractivity contribution in [3.63, 3.8) is 0 Å². The van der Waals surface area contributed by atoms with Gasteiger partial charge in [0, 0.05) is 0 Å². The van der Waals surface area contributed by atoms with E-state index in [0.29, 0.717) is 0 Å². The van der Waals surface area contributed by atoms with Crippen molar-refractivity contribution in [2.45, 2.75) is 69.2 Å². The summed E-state index contributed by atoms with van der Waals surface area (Å²) in [5.74, 6) is 0. The van der Waals surface area contributed by atoms with Gasteiger partial charge in [-0.2, -0.15) is 0 Å². The van der Waals surface area contributed by atoms with E-state index >= 15 is 0 Å². The summed E-state index contributed by atoms with van der Waals surface area (Å²) in [6.45, 7) is 21.5. The quantitative estimate of drug-likeness (QED) is 0.146. The Morgan fingerprint density at radius 3 is 0.562 bits per heavy atom. The van der Waals surface area contributed by atoms with Gasteiger partial charge in [0.1, 0.15) is 0 Å². The predicted molar refractivity (Wildman–Crippen MR) is 569 cm³/mol. The van der Waals surface area contributed by atoms with Gasteiger partial charge in [0.25, 0.3) is 0 Å².